The van der Waals surface area contributed by atoms with Crippen LogP contribution < -0.4 is 20.3 Å². The van der Waals surface area contributed by atoms with Gasteiger partial charge in [0, 0.05) is 36.1 Å². The van der Waals surface area contributed by atoms with Gasteiger partial charge in [-0.15, -0.1) is 0 Å². The van der Waals surface area contributed by atoms with Crippen molar-refractivity contribution in [1.29, 1.82) is 0 Å². The van der Waals surface area contributed by atoms with Crippen LogP contribution in [0, 0.1) is 5.41 Å². The number of anilines is 1. The first-order valence-corrected chi connectivity index (χ1v) is 14.1. The van der Waals surface area contributed by atoms with E-state index in [1.54, 1.807) is 6.07 Å². The topological polar surface area (TPSA) is 100 Å². The maximum Gasteiger partial charge on any atom is 0.255 e. The van der Waals surface area contributed by atoms with Crippen molar-refractivity contribution in [3.05, 3.63) is 23.3 Å². The second-order valence-corrected chi connectivity index (χ2v) is 11.9. The Kier molecular flexibility index (Phi) is 6.98. The van der Waals surface area contributed by atoms with Crippen LogP contribution in [0.2, 0.25) is 0 Å². The van der Waals surface area contributed by atoms with Gasteiger partial charge in [0.2, 0.25) is 11.8 Å². The zero-order valence-corrected chi connectivity index (χ0v) is 22.2. The highest BCUT2D eigenvalue weighted by Gasteiger charge is 2.48. The molecule has 4 aliphatic heterocycles. The van der Waals surface area contributed by atoms with Gasteiger partial charge in [-0.05, 0) is 75.5 Å². The van der Waals surface area contributed by atoms with Gasteiger partial charge >= 0.3 is 0 Å². The van der Waals surface area contributed by atoms with Gasteiger partial charge in [0.25, 0.3) is 5.91 Å². The van der Waals surface area contributed by atoms with Crippen LogP contribution >= 0.6 is 0 Å². The molecule has 12 heteroatoms. The molecule has 1 aromatic rings. The average molecular weight is 526 g/mol. The molecule has 39 heavy (non-hydrogen) atoms. The summed E-state index contributed by atoms with van der Waals surface area (Å²) in [5.41, 5.74) is 2.04. The van der Waals surface area contributed by atoms with Gasteiger partial charge in [-0.2, -0.15) is 0 Å². The van der Waals surface area contributed by atoms with Gasteiger partial charge in [-0.1, -0.05) is 0 Å². The number of fused-ring (bicyclic) bond motifs is 1. The van der Waals surface area contributed by atoms with Gasteiger partial charge in [0.05, 0.1) is 24.4 Å². The summed E-state index contributed by atoms with van der Waals surface area (Å²) in [4.78, 5) is 41.1. The van der Waals surface area contributed by atoms with Crippen molar-refractivity contribution in [2.24, 2.45) is 5.41 Å². The van der Waals surface area contributed by atoms with Crippen LogP contribution in [0.25, 0.3) is 0 Å². The van der Waals surface area contributed by atoms with Crippen molar-refractivity contribution in [3.63, 3.8) is 0 Å². The number of hydrogen-bond donors (Lipinski definition) is 2. The van der Waals surface area contributed by atoms with E-state index in [9.17, 15) is 14.4 Å². The van der Waals surface area contributed by atoms with Crippen molar-refractivity contribution in [3.8, 4) is 5.75 Å². The van der Waals surface area contributed by atoms with E-state index >= 15 is 0 Å². The first kappa shape index (κ1) is 26.8. The van der Waals surface area contributed by atoms with E-state index in [4.69, 9.17) is 33.0 Å². The molecule has 200 valence electrons. The van der Waals surface area contributed by atoms with Gasteiger partial charge in [0.1, 0.15) is 35.3 Å². The number of nitrogens with zero attached hydrogens (tertiary/aromatic N) is 2. The van der Waals surface area contributed by atoms with E-state index in [1.165, 1.54) is 4.90 Å². The Hall–Kier alpha value is -2.46. The molecule has 3 saturated heterocycles. The maximum atomic E-state index is 13.3. The molecule has 1 aromatic carbocycles. The Labute approximate surface area is 233 Å². The molecule has 6 rings (SSSR count). The minimum atomic E-state index is -1.94. The molecule has 4 heterocycles. The Morgan fingerprint density at radius 2 is 1.64 bits per heavy atom. The predicted molar refractivity (Wildman–Crippen MR) is 147 cm³/mol. The normalized spacial score (nSPS) is 25.9. The van der Waals surface area contributed by atoms with E-state index in [-0.39, 0.29) is 36.6 Å². The molecule has 1 aliphatic carbocycles. The molecular formula is C27H33B3N4O5. The van der Waals surface area contributed by atoms with E-state index in [2.05, 4.69) is 15.5 Å². The highest BCUT2D eigenvalue weighted by molar-refractivity contribution is 6.58. The first-order valence-electron chi connectivity index (χ1n) is 14.1. The second kappa shape index (κ2) is 10.2. The lowest BCUT2D eigenvalue weighted by molar-refractivity contribution is -0.136. The van der Waals surface area contributed by atoms with Crippen molar-refractivity contribution in [2.75, 3.05) is 31.1 Å². The summed E-state index contributed by atoms with van der Waals surface area (Å²) in [6, 6.07) is 2.89. The third-order valence-electron chi connectivity index (χ3n) is 8.98. The lowest BCUT2D eigenvalue weighted by atomic mass is 9.52. The average Bonchev–Trinajstić information content (AvgIpc) is 3.20. The summed E-state index contributed by atoms with van der Waals surface area (Å²) in [5.74, 6) is -0.713. The van der Waals surface area contributed by atoms with E-state index in [0.29, 0.717) is 29.1 Å². The fourth-order valence-corrected chi connectivity index (χ4v) is 6.93. The number of rotatable bonds is 6. The quantitative estimate of drug-likeness (QED) is 0.411. The van der Waals surface area contributed by atoms with E-state index < -0.39 is 17.2 Å². The van der Waals surface area contributed by atoms with Gasteiger partial charge < -0.3 is 24.6 Å². The van der Waals surface area contributed by atoms with E-state index in [0.717, 1.165) is 70.4 Å². The molecule has 5 aliphatic rings. The molecular weight excluding hydrogens is 493 g/mol. The van der Waals surface area contributed by atoms with Crippen molar-refractivity contribution in [1.82, 2.24) is 15.5 Å². The number of amides is 3. The Morgan fingerprint density at radius 1 is 0.949 bits per heavy atom. The smallest absolute Gasteiger partial charge is 0.255 e. The lowest BCUT2D eigenvalue weighted by Crippen LogP contribution is -2.58. The van der Waals surface area contributed by atoms with Crippen LogP contribution in [-0.2, 0) is 20.9 Å². The largest absolute Gasteiger partial charge is 0.513 e. The molecule has 1 saturated carbocycles. The fourth-order valence-electron chi connectivity index (χ4n) is 6.93. The summed E-state index contributed by atoms with van der Waals surface area (Å²) in [5, 5.41) is 3.78. The van der Waals surface area contributed by atoms with Crippen LogP contribution in [-0.4, -0.2) is 95.9 Å². The molecule has 6 radical (unpaired) electrons. The second-order valence-electron chi connectivity index (χ2n) is 11.9. The Bertz CT molecular complexity index is 1150. The zero-order chi connectivity index (χ0) is 27.4. The number of piperidine rings is 2. The van der Waals surface area contributed by atoms with Gasteiger partial charge in [0.15, 0.2) is 0 Å². The van der Waals surface area contributed by atoms with Gasteiger partial charge in [-0.3, -0.25) is 19.7 Å². The summed E-state index contributed by atoms with van der Waals surface area (Å²) in [6.07, 6.45) is 7.70. The monoisotopic (exact) mass is 526 g/mol. The Balaban J connectivity index is 1.16. The molecule has 9 nitrogen and oxygen atoms in total. The minimum absolute atomic E-state index is 0.147. The third kappa shape index (κ3) is 5.34. The minimum Gasteiger partial charge on any atom is -0.513 e. The molecule has 0 bridgehead atoms. The first-order chi connectivity index (χ1) is 18.6. The van der Waals surface area contributed by atoms with Crippen molar-refractivity contribution >= 4 is 46.9 Å². The summed E-state index contributed by atoms with van der Waals surface area (Å²) < 4.78 is 12.3. The molecule has 3 amide bonds. The Morgan fingerprint density at radius 3 is 2.31 bits per heavy atom. The number of imide groups is 1. The molecule has 1 unspecified atom stereocenters. The number of ether oxygens (including phenoxy) is 2. The van der Waals surface area contributed by atoms with Crippen LogP contribution in [0.4, 0.5) is 5.69 Å². The summed E-state index contributed by atoms with van der Waals surface area (Å²) in [6.45, 7) is 3.94. The zero-order valence-electron chi connectivity index (χ0n) is 22.2. The standard InChI is InChI=1S/C27H33B3N4O5/c28-27(29,30)39-23-19-13-34(21-3-4-22(35)32-24(21)36)25(37)18(19)1-2-20(23)33-14-26(15-33)9-5-16(6-10-26)38-17-7-11-31-12-8-17/h1-2,16-17,21,31H,3-15H2,(H,32,35,36). The van der Waals surface area contributed by atoms with Crippen LogP contribution in [0.15, 0.2) is 12.1 Å². The number of carbonyl (C=O) groups is 3. The van der Waals surface area contributed by atoms with Crippen LogP contribution in [0.1, 0.15) is 67.3 Å². The fraction of sp³-hybridized carbons (Fsp3) is 0.667. The SMILES string of the molecule is [B]C([B])([B])Oc1c(N2CC3(CCC(OC4CCNCC4)CC3)C2)ccc2c1CN(C1CCC(=O)NC1=O)C2=O. The highest BCUT2D eigenvalue weighted by atomic mass is 16.5. The third-order valence-corrected chi connectivity index (χ3v) is 8.98. The number of benzene rings is 1. The maximum absolute atomic E-state index is 13.3. The van der Waals surface area contributed by atoms with Crippen molar-refractivity contribution < 1.29 is 23.9 Å². The lowest BCUT2D eigenvalue weighted by Gasteiger charge is -2.55. The van der Waals surface area contributed by atoms with Crippen LogP contribution in [0.3, 0.4) is 0 Å². The summed E-state index contributed by atoms with van der Waals surface area (Å²) >= 11 is 0. The number of carbonyl (C=O) groups excluding carboxylic acids is 3. The molecule has 1 atom stereocenters. The summed E-state index contributed by atoms with van der Waals surface area (Å²) in [7, 11) is 17.6. The predicted octanol–water partition coefficient (Wildman–Crippen LogP) is 0.461. The van der Waals surface area contributed by atoms with Crippen LogP contribution in [0.5, 0.6) is 5.75 Å². The molecule has 4 fully saturated rings. The molecule has 1 spiro atoms. The number of hydrogen-bond acceptors (Lipinski definition) is 7. The van der Waals surface area contributed by atoms with Crippen molar-refractivity contribution in [2.45, 2.75) is 81.5 Å². The number of nitrogens with one attached hydrogen (secondary N) is 2. The molecule has 0 aromatic heterocycles. The highest BCUT2D eigenvalue weighted by Crippen LogP contribution is 2.50. The van der Waals surface area contributed by atoms with Gasteiger partial charge in [-0.25, -0.2) is 0 Å². The van der Waals surface area contributed by atoms with E-state index in [1.807, 2.05) is 6.07 Å². The molecule has 2 N–H and O–H groups in total.